The van der Waals surface area contributed by atoms with Gasteiger partial charge in [-0.3, -0.25) is 9.48 Å². The van der Waals surface area contributed by atoms with Gasteiger partial charge in [0.05, 0.1) is 11.0 Å². The molecule has 1 atom stereocenters. The van der Waals surface area contributed by atoms with Crippen LogP contribution in [0.1, 0.15) is 46.9 Å². The number of amides is 1. The van der Waals surface area contributed by atoms with Gasteiger partial charge in [0.2, 0.25) is 0 Å². The number of nitrogens with zero attached hydrogens (tertiary/aromatic N) is 4. The summed E-state index contributed by atoms with van der Waals surface area (Å²) < 4.78 is 1.77. The fraction of sp³-hybridized carbons (Fsp3) is 0.333. The Hall–Kier alpha value is -2.54. The van der Waals surface area contributed by atoms with E-state index in [0.29, 0.717) is 12.2 Å². The second-order valence-electron chi connectivity index (χ2n) is 5.76. The molecule has 2 aromatic heterocycles. The molecule has 0 bridgehead atoms. The Labute approximate surface area is 150 Å². The zero-order valence-electron chi connectivity index (χ0n) is 14.1. The molecule has 6 nitrogen and oxygen atoms in total. The molecule has 1 aromatic carbocycles. The van der Waals surface area contributed by atoms with Gasteiger partial charge in [0.1, 0.15) is 18.3 Å². The van der Waals surface area contributed by atoms with E-state index in [1.54, 1.807) is 22.3 Å². The monoisotopic (exact) mass is 355 g/mol. The molecule has 0 aliphatic carbocycles. The van der Waals surface area contributed by atoms with Crippen LogP contribution < -0.4 is 5.32 Å². The van der Waals surface area contributed by atoms with E-state index in [9.17, 15) is 4.79 Å². The number of aryl methyl sites for hydroxylation is 2. The minimum absolute atomic E-state index is 0.103. The van der Waals surface area contributed by atoms with Gasteiger partial charge < -0.3 is 5.32 Å². The third-order valence-electron chi connectivity index (χ3n) is 3.87. The number of carbonyl (C=O) groups is 1. The first kappa shape index (κ1) is 17.3. The van der Waals surface area contributed by atoms with Gasteiger partial charge >= 0.3 is 0 Å². The van der Waals surface area contributed by atoms with Crippen molar-refractivity contribution >= 4 is 17.2 Å². The average Bonchev–Trinajstić information content (AvgIpc) is 3.31. The zero-order chi connectivity index (χ0) is 17.5. The van der Waals surface area contributed by atoms with E-state index in [-0.39, 0.29) is 11.9 Å². The predicted octanol–water partition coefficient (Wildman–Crippen LogP) is 3.25. The highest BCUT2D eigenvalue weighted by atomic mass is 32.1. The molecule has 7 heteroatoms. The minimum Gasteiger partial charge on any atom is -0.344 e. The lowest BCUT2D eigenvalue weighted by Crippen LogP contribution is -2.29. The van der Waals surface area contributed by atoms with Gasteiger partial charge in [-0.2, -0.15) is 5.10 Å². The Morgan fingerprint density at radius 3 is 2.88 bits per heavy atom. The van der Waals surface area contributed by atoms with Crippen LogP contribution in [0.5, 0.6) is 0 Å². The summed E-state index contributed by atoms with van der Waals surface area (Å²) in [6.07, 6.45) is 5.86. The van der Waals surface area contributed by atoms with Crippen molar-refractivity contribution in [1.29, 1.82) is 0 Å². The summed E-state index contributed by atoms with van der Waals surface area (Å²) in [5.74, 6) is -0.133. The predicted molar refractivity (Wildman–Crippen MR) is 97.4 cm³/mol. The van der Waals surface area contributed by atoms with Crippen LogP contribution in [0.2, 0.25) is 0 Å². The van der Waals surface area contributed by atoms with Crippen LogP contribution in [0, 0.1) is 0 Å². The molecular weight excluding hydrogens is 334 g/mol. The summed E-state index contributed by atoms with van der Waals surface area (Å²) in [5.41, 5.74) is 1.56. The first-order valence-electron chi connectivity index (χ1n) is 8.39. The number of thiazole rings is 1. The third kappa shape index (κ3) is 4.73. The Morgan fingerprint density at radius 2 is 2.16 bits per heavy atom. The average molecular weight is 355 g/mol. The van der Waals surface area contributed by atoms with E-state index >= 15 is 0 Å². The van der Waals surface area contributed by atoms with Gasteiger partial charge in [-0.15, -0.1) is 11.3 Å². The van der Waals surface area contributed by atoms with E-state index in [1.165, 1.54) is 6.33 Å². The highest BCUT2D eigenvalue weighted by Crippen LogP contribution is 2.19. The Kier molecular flexibility index (Phi) is 5.90. The Balaban J connectivity index is 1.70. The van der Waals surface area contributed by atoms with Crippen LogP contribution in [0.25, 0.3) is 0 Å². The fourth-order valence-electron chi connectivity index (χ4n) is 2.59. The first-order valence-corrected chi connectivity index (χ1v) is 9.27. The summed E-state index contributed by atoms with van der Waals surface area (Å²) in [6.45, 7) is 2.79. The van der Waals surface area contributed by atoms with Crippen LogP contribution in [-0.4, -0.2) is 25.7 Å². The van der Waals surface area contributed by atoms with Crippen molar-refractivity contribution in [2.75, 3.05) is 0 Å². The maximum atomic E-state index is 12.6. The number of benzene rings is 1. The number of nitrogens with one attached hydrogen (secondary N) is 1. The highest BCUT2D eigenvalue weighted by Gasteiger charge is 2.18. The van der Waals surface area contributed by atoms with E-state index in [2.05, 4.69) is 27.3 Å². The lowest BCUT2D eigenvalue weighted by molar-refractivity contribution is 0.0928. The zero-order valence-corrected chi connectivity index (χ0v) is 14.9. The molecule has 3 aromatic rings. The third-order valence-corrected chi connectivity index (χ3v) is 4.78. The van der Waals surface area contributed by atoms with Crippen LogP contribution >= 0.6 is 11.3 Å². The summed E-state index contributed by atoms with van der Waals surface area (Å²) >= 11 is 1.54. The maximum Gasteiger partial charge on any atom is 0.271 e. The van der Waals surface area contributed by atoms with Crippen molar-refractivity contribution in [2.24, 2.45) is 0 Å². The van der Waals surface area contributed by atoms with Crippen LogP contribution in [0.15, 0.2) is 48.4 Å². The molecule has 1 amide bonds. The van der Waals surface area contributed by atoms with Gasteiger partial charge in [0.25, 0.3) is 5.91 Å². The molecule has 0 radical (unpaired) electrons. The second-order valence-corrected chi connectivity index (χ2v) is 6.70. The van der Waals surface area contributed by atoms with Gasteiger partial charge in [-0.25, -0.2) is 9.97 Å². The van der Waals surface area contributed by atoms with Crippen molar-refractivity contribution in [2.45, 2.75) is 38.8 Å². The first-order chi connectivity index (χ1) is 12.3. The van der Waals surface area contributed by atoms with E-state index in [0.717, 1.165) is 29.8 Å². The van der Waals surface area contributed by atoms with E-state index in [4.69, 9.17) is 0 Å². The molecule has 0 fully saturated rings. The highest BCUT2D eigenvalue weighted by molar-refractivity contribution is 7.09. The molecule has 25 heavy (non-hydrogen) atoms. The normalized spacial score (nSPS) is 12.0. The fourth-order valence-corrected chi connectivity index (χ4v) is 3.47. The molecule has 0 spiro atoms. The van der Waals surface area contributed by atoms with Crippen molar-refractivity contribution < 1.29 is 4.79 Å². The standard InChI is InChI=1S/C18H21N5OS/c1-2-6-17-21-16(11-25-17)18(24)22-15(14-7-4-3-5-8-14)9-10-23-13-19-12-20-23/h3-5,7-8,11-13,15H,2,6,9-10H2,1H3,(H,22,24)/t15-/m1/s1. The molecule has 1 N–H and O–H groups in total. The Morgan fingerprint density at radius 1 is 1.32 bits per heavy atom. The Bertz CT molecular complexity index is 785. The molecule has 130 valence electrons. The van der Waals surface area contributed by atoms with E-state index < -0.39 is 0 Å². The van der Waals surface area contributed by atoms with Crippen molar-refractivity contribution in [1.82, 2.24) is 25.1 Å². The molecular formula is C18H21N5OS. The maximum absolute atomic E-state index is 12.6. The molecule has 0 aliphatic heterocycles. The minimum atomic E-state index is -0.133. The van der Waals surface area contributed by atoms with Gasteiger partial charge in [0.15, 0.2) is 0 Å². The molecule has 0 unspecified atom stereocenters. The number of hydrogen-bond acceptors (Lipinski definition) is 5. The van der Waals surface area contributed by atoms with E-state index in [1.807, 2.05) is 35.7 Å². The summed E-state index contributed by atoms with van der Waals surface area (Å²) in [5, 5.41) is 10.1. The largest absolute Gasteiger partial charge is 0.344 e. The lowest BCUT2D eigenvalue weighted by atomic mass is 10.0. The van der Waals surface area contributed by atoms with Crippen molar-refractivity contribution in [3.05, 3.63) is 64.6 Å². The number of aromatic nitrogens is 4. The second kappa shape index (κ2) is 8.53. The van der Waals surface area contributed by atoms with Crippen LogP contribution in [0.3, 0.4) is 0 Å². The number of hydrogen-bond donors (Lipinski definition) is 1. The van der Waals surface area contributed by atoms with Gasteiger partial charge in [-0.1, -0.05) is 37.3 Å². The molecule has 0 saturated carbocycles. The van der Waals surface area contributed by atoms with Crippen LogP contribution in [-0.2, 0) is 13.0 Å². The summed E-state index contributed by atoms with van der Waals surface area (Å²) in [4.78, 5) is 21.0. The molecule has 0 aliphatic rings. The van der Waals surface area contributed by atoms with Crippen molar-refractivity contribution in [3.8, 4) is 0 Å². The summed E-state index contributed by atoms with van der Waals surface area (Å²) in [7, 11) is 0. The molecule has 0 saturated heterocycles. The lowest BCUT2D eigenvalue weighted by Gasteiger charge is -2.18. The molecule has 3 rings (SSSR count). The topological polar surface area (TPSA) is 72.7 Å². The summed E-state index contributed by atoms with van der Waals surface area (Å²) in [6, 6.07) is 9.87. The number of rotatable bonds is 8. The van der Waals surface area contributed by atoms with Gasteiger partial charge in [0, 0.05) is 11.9 Å². The number of carbonyl (C=O) groups excluding carboxylic acids is 1. The SMILES string of the molecule is CCCc1nc(C(=O)N[C@H](CCn2cncn2)c2ccccc2)cs1. The van der Waals surface area contributed by atoms with Crippen molar-refractivity contribution in [3.63, 3.8) is 0 Å². The van der Waals surface area contributed by atoms with Crippen LogP contribution in [0.4, 0.5) is 0 Å². The molecule has 2 heterocycles. The smallest absolute Gasteiger partial charge is 0.271 e. The van der Waals surface area contributed by atoms with Gasteiger partial charge in [-0.05, 0) is 24.8 Å². The quantitative estimate of drug-likeness (QED) is 0.673.